The van der Waals surface area contributed by atoms with E-state index in [4.69, 9.17) is 0 Å². The normalized spacial score (nSPS) is 10.6. The molecule has 0 spiro atoms. The van der Waals surface area contributed by atoms with Gasteiger partial charge in [0.25, 0.3) is 11.6 Å². The van der Waals surface area contributed by atoms with Crippen molar-refractivity contribution in [2.24, 2.45) is 0 Å². The molecule has 7 nitrogen and oxygen atoms in total. The van der Waals surface area contributed by atoms with E-state index in [0.717, 1.165) is 29.5 Å². The van der Waals surface area contributed by atoms with Crippen molar-refractivity contribution in [3.05, 3.63) is 68.6 Å². The molecule has 0 unspecified atom stereocenters. The summed E-state index contributed by atoms with van der Waals surface area (Å²) in [5.41, 5.74) is 1.06. The highest BCUT2D eigenvalue weighted by atomic mass is 32.1. The molecule has 0 radical (unpaired) electrons. The Kier molecular flexibility index (Phi) is 5.32. The Bertz CT molecular complexity index is 1080. The molecule has 0 atom stereocenters. The summed E-state index contributed by atoms with van der Waals surface area (Å²) in [5, 5.41) is 16.6. The lowest BCUT2D eigenvalue weighted by Gasteiger charge is -2.08. The lowest BCUT2D eigenvalue weighted by molar-refractivity contribution is -0.384. The average Bonchev–Trinajstić information content (AvgIpc) is 3.03. The predicted molar refractivity (Wildman–Crippen MR) is 103 cm³/mol. The maximum atomic E-state index is 13.5. The molecule has 2 aromatic carbocycles. The lowest BCUT2D eigenvalue weighted by atomic mass is 10.1. The summed E-state index contributed by atoms with van der Waals surface area (Å²) >= 11 is 1.15. The molecule has 3 aromatic rings. The highest BCUT2D eigenvalue weighted by molar-refractivity contribution is 7.16. The van der Waals surface area contributed by atoms with Crippen LogP contribution in [0.15, 0.2) is 36.4 Å². The van der Waals surface area contributed by atoms with Crippen LogP contribution < -0.4 is 10.6 Å². The Morgan fingerprint density at radius 3 is 2.57 bits per heavy atom. The van der Waals surface area contributed by atoms with Crippen LogP contribution in [0.3, 0.4) is 0 Å². The van der Waals surface area contributed by atoms with E-state index >= 15 is 0 Å². The van der Waals surface area contributed by atoms with Crippen molar-refractivity contribution in [1.29, 1.82) is 0 Å². The number of nitro groups is 1. The average molecular weight is 404 g/mol. The van der Waals surface area contributed by atoms with Crippen molar-refractivity contribution in [2.75, 3.05) is 17.7 Å². The molecule has 1 amide bonds. The highest BCUT2D eigenvalue weighted by Crippen LogP contribution is 2.32. The number of carbonyl (C=O) groups excluding carboxylic acids is 1. The molecule has 1 aromatic heterocycles. The number of hydrogen-bond acceptors (Lipinski definition) is 6. The zero-order valence-corrected chi connectivity index (χ0v) is 15.6. The molecule has 0 aliphatic heterocycles. The molecule has 0 saturated carbocycles. The second kappa shape index (κ2) is 7.69. The summed E-state index contributed by atoms with van der Waals surface area (Å²) in [6.07, 6.45) is 0. The van der Waals surface area contributed by atoms with Crippen LogP contribution in [0.2, 0.25) is 0 Å². The molecular formula is C18H14F2N4O3S. The molecule has 0 saturated heterocycles. The van der Waals surface area contributed by atoms with Crippen molar-refractivity contribution >= 4 is 33.8 Å². The number of amides is 1. The van der Waals surface area contributed by atoms with Crippen molar-refractivity contribution in [1.82, 2.24) is 4.98 Å². The first-order valence-electron chi connectivity index (χ1n) is 8.00. The van der Waals surface area contributed by atoms with E-state index in [1.807, 2.05) is 0 Å². The van der Waals surface area contributed by atoms with Gasteiger partial charge in [0.15, 0.2) is 16.8 Å². The summed E-state index contributed by atoms with van der Waals surface area (Å²) < 4.78 is 26.6. The Morgan fingerprint density at radius 2 is 1.93 bits per heavy atom. The van der Waals surface area contributed by atoms with Crippen LogP contribution >= 0.6 is 11.3 Å². The number of hydrogen-bond donors (Lipinski definition) is 2. The van der Waals surface area contributed by atoms with Gasteiger partial charge in [0.2, 0.25) is 0 Å². The topological polar surface area (TPSA) is 97.2 Å². The molecule has 144 valence electrons. The Labute approximate surface area is 162 Å². The molecule has 1 heterocycles. The molecule has 0 aliphatic carbocycles. The largest absolute Gasteiger partial charge is 0.387 e. The van der Waals surface area contributed by atoms with Crippen molar-refractivity contribution in [3.63, 3.8) is 0 Å². The van der Waals surface area contributed by atoms with Gasteiger partial charge in [-0.1, -0.05) is 0 Å². The van der Waals surface area contributed by atoms with E-state index < -0.39 is 22.5 Å². The van der Waals surface area contributed by atoms with Gasteiger partial charge in [-0.2, -0.15) is 0 Å². The van der Waals surface area contributed by atoms with E-state index in [0.29, 0.717) is 21.8 Å². The van der Waals surface area contributed by atoms with Crippen molar-refractivity contribution in [3.8, 4) is 11.3 Å². The van der Waals surface area contributed by atoms with Crippen LogP contribution in [0.25, 0.3) is 11.3 Å². The lowest BCUT2D eigenvalue weighted by Crippen LogP contribution is -2.14. The van der Waals surface area contributed by atoms with E-state index in [9.17, 15) is 23.7 Å². The molecular weight excluding hydrogens is 390 g/mol. The maximum absolute atomic E-state index is 13.5. The Hall–Kier alpha value is -3.40. The summed E-state index contributed by atoms with van der Waals surface area (Å²) in [4.78, 5) is 28.0. The number of non-ortho nitro benzene ring substituents is 1. The van der Waals surface area contributed by atoms with Crippen LogP contribution in [0, 0.1) is 28.7 Å². The number of thiazole rings is 1. The minimum Gasteiger partial charge on any atom is -0.387 e. The summed E-state index contributed by atoms with van der Waals surface area (Å²) in [5.74, 6) is -2.54. The van der Waals surface area contributed by atoms with Gasteiger partial charge in [-0.25, -0.2) is 13.8 Å². The van der Waals surface area contributed by atoms with Crippen LogP contribution in [0.4, 0.5) is 25.3 Å². The van der Waals surface area contributed by atoms with E-state index in [1.165, 1.54) is 18.2 Å². The second-order valence-electron chi connectivity index (χ2n) is 5.74. The van der Waals surface area contributed by atoms with Gasteiger partial charge >= 0.3 is 0 Å². The first kappa shape index (κ1) is 19.4. The molecule has 0 fully saturated rings. The van der Waals surface area contributed by atoms with Gasteiger partial charge in [-0.15, -0.1) is 11.3 Å². The number of nitrogens with one attached hydrogen (secondary N) is 2. The first-order chi connectivity index (χ1) is 13.3. The quantitative estimate of drug-likeness (QED) is 0.479. The van der Waals surface area contributed by atoms with Crippen molar-refractivity contribution < 1.29 is 18.5 Å². The monoisotopic (exact) mass is 404 g/mol. The van der Waals surface area contributed by atoms with Crippen LogP contribution in [0.5, 0.6) is 0 Å². The third-order valence-electron chi connectivity index (χ3n) is 3.94. The molecule has 3 rings (SSSR count). The number of aryl methyl sites for hydroxylation is 1. The van der Waals surface area contributed by atoms with Crippen LogP contribution in [-0.4, -0.2) is 22.9 Å². The smallest absolute Gasteiger partial charge is 0.270 e. The summed E-state index contributed by atoms with van der Waals surface area (Å²) in [6.45, 7) is 1.73. The van der Waals surface area contributed by atoms with Gasteiger partial charge in [0.05, 0.1) is 16.2 Å². The zero-order chi connectivity index (χ0) is 20.4. The Morgan fingerprint density at radius 1 is 1.18 bits per heavy atom. The molecule has 28 heavy (non-hydrogen) atoms. The van der Waals surface area contributed by atoms with E-state index in [-0.39, 0.29) is 16.4 Å². The fourth-order valence-electron chi connectivity index (χ4n) is 2.58. The fraction of sp³-hybridized carbons (Fsp3) is 0.111. The predicted octanol–water partition coefficient (Wildman–Crippen LogP) is 4.60. The molecule has 0 aliphatic rings. The van der Waals surface area contributed by atoms with Gasteiger partial charge in [-0.3, -0.25) is 20.2 Å². The molecule has 0 bridgehead atoms. The zero-order valence-electron chi connectivity index (χ0n) is 14.7. The summed E-state index contributed by atoms with van der Waals surface area (Å²) in [7, 11) is 1.59. The minimum atomic E-state index is -0.995. The number of benzene rings is 2. The molecule has 2 N–H and O–H groups in total. The van der Waals surface area contributed by atoms with Crippen molar-refractivity contribution in [2.45, 2.75) is 6.92 Å². The van der Waals surface area contributed by atoms with Gasteiger partial charge < -0.3 is 5.32 Å². The number of nitrogens with zero attached hydrogens (tertiary/aromatic N) is 2. The minimum absolute atomic E-state index is 0.0823. The van der Waals surface area contributed by atoms with Gasteiger partial charge in [-0.05, 0) is 31.2 Å². The van der Waals surface area contributed by atoms with Gasteiger partial charge in [0, 0.05) is 35.3 Å². The first-order valence-corrected chi connectivity index (χ1v) is 8.82. The number of nitro benzene ring substituents is 1. The number of anilines is 2. The van der Waals surface area contributed by atoms with Gasteiger partial charge in [0.1, 0.15) is 0 Å². The maximum Gasteiger partial charge on any atom is 0.270 e. The fourth-order valence-corrected chi connectivity index (χ4v) is 3.41. The third-order valence-corrected chi connectivity index (χ3v) is 4.82. The number of carbonyl (C=O) groups is 1. The Balaban J connectivity index is 1.90. The standard InChI is InChI=1S/C18H14F2N4O3S/c1-9-16(10-3-5-13(19)14(20)7-10)22-18(28-9)23-17(25)12-8-11(24(26)27)4-6-15(12)21-2/h3-8,21H,1-2H3,(H,22,23,25). The third kappa shape index (κ3) is 3.81. The summed E-state index contributed by atoms with van der Waals surface area (Å²) in [6, 6.07) is 7.32. The van der Waals surface area contributed by atoms with E-state index in [2.05, 4.69) is 15.6 Å². The van der Waals surface area contributed by atoms with E-state index in [1.54, 1.807) is 14.0 Å². The molecule has 10 heteroatoms. The second-order valence-corrected chi connectivity index (χ2v) is 6.95. The van der Waals surface area contributed by atoms with Crippen LogP contribution in [-0.2, 0) is 0 Å². The number of halogens is 2. The van der Waals surface area contributed by atoms with Crippen LogP contribution in [0.1, 0.15) is 15.2 Å². The number of aromatic nitrogens is 1. The highest BCUT2D eigenvalue weighted by Gasteiger charge is 2.19. The number of rotatable bonds is 5. The SMILES string of the molecule is CNc1ccc([N+](=O)[O-])cc1C(=O)Nc1nc(-c2ccc(F)c(F)c2)c(C)s1.